The summed E-state index contributed by atoms with van der Waals surface area (Å²) in [7, 11) is 0. The number of nitriles is 2. The van der Waals surface area contributed by atoms with Crippen molar-refractivity contribution in [3.63, 3.8) is 0 Å². The van der Waals surface area contributed by atoms with E-state index in [-0.39, 0.29) is 5.56 Å². The molecule has 1 atom stereocenters. The lowest BCUT2D eigenvalue weighted by atomic mass is 9.83. The van der Waals surface area contributed by atoms with Crippen LogP contribution in [0.15, 0.2) is 40.9 Å². The topological polar surface area (TPSA) is 55.2 Å². The Hall–Kier alpha value is -3.10. The highest BCUT2D eigenvalue weighted by molar-refractivity contribution is 5.54. The number of rotatable bonds is 2. The number of benzene rings is 1. The first-order valence-corrected chi connectivity index (χ1v) is 7.16. The van der Waals surface area contributed by atoms with Gasteiger partial charge in [-0.25, -0.2) is 9.24 Å². The van der Waals surface area contributed by atoms with Crippen LogP contribution in [-0.4, -0.2) is 11.4 Å². The molecule has 0 aromatic heterocycles. The van der Waals surface area contributed by atoms with Crippen LogP contribution in [0.3, 0.4) is 0 Å². The van der Waals surface area contributed by atoms with Crippen LogP contribution >= 0.6 is 0 Å². The normalized spacial score (nSPS) is 17.6. The maximum Gasteiger partial charge on any atom is 0.196 e. The number of hydrogen-bond donors (Lipinski definition) is 0. The van der Waals surface area contributed by atoms with Gasteiger partial charge in [0.2, 0.25) is 0 Å². The molecule has 0 radical (unpaired) electrons. The Bertz CT molecular complexity index is 805. The van der Waals surface area contributed by atoms with E-state index in [4.69, 9.17) is 11.8 Å². The van der Waals surface area contributed by atoms with Gasteiger partial charge in [0.15, 0.2) is 5.70 Å². The molecule has 4 nitrogen and oxygen atoms in total. The van der Waals surface area contributed by atoms with Gasteiger partial charge in [-0.05, 0) is 38.5 Å². The Morgan fingerprint density at radius 3 is 2.48 bits per heavy atom. The smallest absolute Gasteiger partial charge is 0.196 e. The van der Waals surface area contributed by atoms with Gasteiger partial charge in [0.1, 0.15) is 11.9 Å². The van der Waals surface area contributed by atoms with Crippen molar-refractivity contribution in [2.45, 2.75) is 26.7 Å². The first kappa shape index (κ1) is 16.3. The molecule has 0 fully saturated rings. The molecule has 0 N–H and O–H groups in total. The Morgan fingerprint density at radius 1 is 1.26 bits per heavy atom. The first-order valence-electron chi connectivity index (χ1n) is 7.16. The molecule has 1 aromatic carbocycles. The van der Waals surface area contributed by atoms with E-state index in [9.17, 15) is 9.65 Å². The molecule has 0 bridgehead atoms. The van der Waals surface area contributed by atoms with Crippen molar-refractivity contribution in [1.29, 1.82) is 10.5 Å². The van der Waals surface area contributed by atoms with Crippen LogP contribution < -0.4 is 0 Å². The highest BCUT2D eigenvalue weighted by atomic mass is 19.1. The van der Waals surface area contributed by atoms with Crippen molar-refractivity contribution in [2.24, 2.45) is 0 Å². The zero-order chi connectivity index (χ0) is 17.1. The highest BCUT2D eigenvalue weighted by Crippen LogP contribution is 2.42. The second kappa shape index (κ2) is 6.34. The molecule has 0 saturated heterocycles. The number of hydrogen-bond acceptors (Lipinski definition) is 3. The Kier molecular flexibility index (Phi) is 4.49. The molecule has 0 saturated carbocycles. The average molecular weight is 306 g/mol. The minimum Gasteiger partial charge on any atom is -0.359 e. The van der Waals surface area contributed by atoms with Crippen LogP contribution in [0.2, 0.25) is 0 Å². The maximum absolute atomic E-state index is 13.6. The van der Waals surface area contributed by atoms with Crippen LogP contribution in [0, 0.1) is 35.1 Å². The second-order valence-corrected chi connectivity index (χ2v) is 5.22. The summed E-state index contributed by atoms with van der Waals surface area (Å²) in [5.41, 5.74) is 2.96. The molecule has 114 valence electrons. The Balaban J connectivity index is 2.73. The van der Waals surface area contributed by atoms with Gasteiger partial charge in [0, 0.05) is 17.9 Å². The van der Waals surface area contributed by atoms with Gasteiger partial charge in [-0.15, -0.1) is 0 Å². The second-order valence-electron chi connectivity index (χ2n) is 5.22. The standard InChI is InChI=1S/C18H15FN4/c1-5-23-11(2)15(10-21)17(18(22-4)12(23)3)13-6-7-16(19)14(8-13)9-20/h6-8,17H,5H2,1-3H3. The van der Waals surface area contributed by atoms with Gasteiger partial charge >= 0.3 is 0 Å². The van der Waals surface area contributed by atoms with Crippen molar-refractivity contribution in [1.82, 2.24) is 4.90 Å². The third-order valence-corrected chi connectivity index (χ3v) is 4.13. The summed E-state index contributed by atoms with van der Waals surface area (Å²) >= 11 is 0. The van der Waals surface area contributed by atoms with Crippen LogP contribution in [0.25, 0.3) is 4.85 Å². The third kappa shape index (κ3) is 2.56. The van der Waals surface area contributed by atoms with Crippen LogP contribution in [0.4, 0.5) is 4.39 Å². The van der Waals surface area contributed by atoms with E-state index >= 15 is 0 Å². The van der Waals surface area contributed by atoms with Gasteiger partial charge in [-0.3, -0.25) is 0 Å². The van der Waals surface area contributed by atoms with Crippen LogP contribution in [-0.2, 0) is 0 Å². The largest absolute Gasteiger partial charge is 0.359 e. The number of nitrogens with zero attached hydrogens (tertiary/aromatic N) is 4. The quantitative estimate of drug-likeness (QED) is 0.774. The van der Waals surface area contributed by atoms with E-state index in [1.165, 1.54) is 18.2 Å². The molecular formula is C18H15FN4. The molecule has 1 aliphatic heterocycles. The number of allylic oxidation sites excluding steroid dienone is 3. The molecule has 23 heavy (non-hydrogen) atoms. The fraction of sp³-hybridized carbons (Fsp3) is 0.278. The minimum atomic E-state index is -0.605. The van der Waals surface area contributed by atoms with E-state index in [0.29, 0.717) is 23.4 Å². The molecule has 1 aromatic rings. The zero-order valence-electron chi connectivity index (χ0n) is 13.2. The summed E-state index contributed by atoms with van der Waals surface area (Å²) in [6, 6.07) is 8.16. The summed E-state index contributed by atoms with van der Waals surface area (Å²) in [5, 5.41) is 18.6. The van der Waals surface area contributed by atoms with Gasteiger partial charge in [-0.1, -0.05) is 6.07 Å². The van der Waals surface area contributed by atoms with E-state index in [1.807, 2.05) is 25.7 Å². The summed E-state index contributed by atoms with van der Waals surface area (Å²) in [6.07, 6.45) is 0. The molecule has 2 rings (SSSR count). The third-order valence-electron chi connectivity index (χ3n) is 4.13. The fourth-order valence-electron chi connectivity index (χ4n) is 2.99. The SMILES string of the molecule is [C-]#[N+]C1=C(C)N(CC)C(C)=C(C#N)C1c1ccc(F)c(C#N)c1. The van der Waals surface area contributed by atoms with Crippen molar-refractivity contribution in [3.05, 3.63) is 69.2 Å². The predicted molar refractivity (Wildman–Crippen MR) is 83.9 cm³/mol. The monoisotopic (exact) mass is 306 g/mol. The fourth-order valence-corrected chi connectivity index (χ4v) is 2.99. The van der Waals surface area contributed by atoms with Crippen LogP contribution in [0.1, 0.15) is 37.8 Å². The summed E-state index contributed by atoms with van der Waals surface area (Å²) in [6.45, 7) is 13.8. The van der Waals surface area contributed by atoms with Crippen molar-refractivity contribution >= 4 is 0 Å². The lowest BCUT2D eigenvalue weighted by Crippen LogP contribution is -2.28. The van der Waals surface area contributed by atoms with Crippen molar-refractivity contribution < 1.29 is 4.39 Å². The first-order chi connectivity index (χ1) is 11.0. The molecule has 1 unspecified atom stereocenters. The van der Waals surface area contributed by atoms with E-state index < -0.39 is 11.7 Å². The van der Waals surface area contributed by atoms with Gasteiger partial charge in [0.05, 0.1) is 29.7 Å². The van der Waals surface area contributed by atoms with Gasteiger partial charge in [-0.2, -0.15) is 10.5 Å². The molecule has 5 heteroatoms. The highest BCUT2D eigenvalue weighted by Gasteiger charge is 2.33. The Morgan fingerprint density at radius 2 is 1.96 bits per heavy atom. The lowest BCUT2D eigenvalue weighted by Gasteiger charge is -2.35. The van der Waals surface area contributed by atoms with Crippen LogP contribution in [0.5, 0.6) is 0 Å². The molecular weight excluding hydrogens is 291 g/mol. The van der Waals surface area contributed by atoms with Gasteiger partial charge < -0.3 is 4.90 Å². The van der Waals surface area contributed by atoms with E-state index in [0.717, 1.165) is 11.4 Å². The predicted octanol–water partition coefficient (Wildman–Crippen LogP) is 4.06. The summed E-state index contributed by atoms with van der Waals surface area (Å²) in [5.74, 6) is -1.17. The molecule has 0 spiro atoms. The molecule has 0 aliphatic carbocycles. The average Bonchev–Trinajstić information content (AvgIpc) is 2.55. The van der Waals surface area contributed by atoms with Crippen molar-refractivity contribution in [3.8, 4) is 12.1 Å². The molecule has 1 aliphatic rings. The van der Waals surface area contributed by atoms with Gasteiger partial charge in [0.25, 0.3) is 0 Å². The van der Waals surface area contributed by atoms with E-state index in [1.54, 1.807) is 6.07 Å². The zero-order valence-corrected chi connectivity index (χ0v) is 13.2. The number of halogens is 1. The Labute approximate surface area is 135 Å². The summed E-state index contributed by atoms with van der Waals surface area (Å²) in [4.78, 5) is 5.55. The van der Waals surface area contributed by atoms with E-state index in [2.05, 4.69) is 10.9 Å². The summed E-state index contributed by atoms with van der Waals surface area (Å²) < 4.78 is 13.6. The molecule has 0 amide bonds. The minimum absolute atomic E-state index is 0.0858. The maximum atomic E-state index is 13.6. The lowest BCUT2D eigenvalue weighted by molar-refractivity contribution is 0.427. The molecule has 1 heterocycles. The van der Waals surface area contributed by atoms with Crippen molar-refractivity contribution in [2.75, 3.05) is 6.54 Å².